The molecule has 0 spiro atoms. The Balaban J connectivity index is 1.24. The van der Waals surface area contributed by atoms with Crippen LogP contribution in [0.3, 0.4) is 0 Å². The molecule has 2 saturated heterocycles. The van der Waals surface area contributed by atoms with Crippen LogP contribution in [0.2, 0.25) is 0 Å². The van der Waals surface area contributed by atoms with Crippen molar-refractivity contribution in [3.05, 3.63) is 48.7 Å². The minimum absolute atomic E-state index is 0.111. The number of rotatable bonds is 6. The Bertz CT molecular complexity index is 1080. The van der Waals surface area contributed by atoms with E-state index in [1.807, 2.05) is 15.9 Å². The van der Waals surface area contributed by atoms with E-state index < -0.39 is 16.1 Å². The lowest BCUT2D eigenvalue weighted by molar-refractivity contribution is -0.121. The predicted molar refractivity (Wildman–Crippen MR) is 126 cm³/mol. The van der Waals surface area contributed by atoms with Gasteiger partial charge in [0.25, 0.3) is 0 Å². The first-order valence-corrected chi connectivity index (χ1v) is 12.5. The predicted octanol–water partition coefficient (Wildman–Crippen LogP) is 0.573. The molecule has 1 aromatic carbocycles. The van der Waals surface area contributed by atoms with Crippen LogP contribution >= 0.6 is 0 Å². The summed E-state index contributed by atoms with van der Waals surface area (Å²) >= 11 is 0. The third-order valence-corrected chi connectivity index (χ3v) is 7.56. The van der Waals surface area contributed by atoms with Crippen LogP contribution in [-0.4, -0.2) is 93.6 Å². The maximum absolute atomic E-state index is 12.7. The number of sulfonamides is 1. The molecule has 2 fully saturated rings. The van der Waals surface area contributed by atoms with Gasteiger partial charge in [0.05, 0.1) is 19.8 Å². The number of hydrogen-bond acceptors (Lipinski definition) is 8. The van der Waals surface area contributed by atoms with E-state index in [0.29, 0.717) is 64.0 Å². The maximum Gasteiger partial charge on any atom is 0.325 e. The first kappa shape index (κ1) is 24.1. The van der Waals surface area contributed by atoms with Crippen molar-refractivity contribution in [3.8, 4) is 0 Å². The second kappa shape index (κ2) is 10.9. The Kier molecular flexibility index (Phi) is 7.73. The van der Waals surface area contributed by atoms with Gasteiger partial charge in [-0.05, 0) is 24.3 Å². The molecule has 34 heavy (non-hydrogen) atoms. The van der Waals surface area contributed by atoms with Gasteiger partial charge in [0.15, 0.2) is 0 Å². The number of hydrogen-bond donors (Lipinski definition) is 2. The highest BCUT2D eigenvalue weighted by molar-refractivity contribution is 7.89. The lowest BCUT2D eigenvalue weighted by atomic mass is 10.3. The first-order chi connectivity index (χ1) is 16.4. The smallest absolute Gasteiger partial charge is 0.325 e. The van der Waals surface area contributed by atoms with Crippen molar-refractivity contribution in [1.29, 1.82) is 0 Å². The van der Waals surface area contributed by atoms with Crippen molar-refractivity contribution < 1.29 is 22.7 Å². The van der Waals surface area contributed by atoms with Gasteiger partial charge in [0, 0.05) is 51.2 Å². The second-order valence-corrected chi connectivity index (χ2v) is 9.94. The number of imide groups is 1. The number of nitrogens with zero attached hydrogens (tertiary/aromatic N) is 4. The Morgan fingerprint density at radius 3 is 2.29 bits per heavy atom. The molecule has 2 aliphatic rings. The van der Waals surface area contributed by atoms with Crippen molar-refractivity contribution in [2.24, 2.45) is 0 Å². The van der Waals surface area contributed by atoms with Crippen LogP contribution in [-0.2, 0) is 19.6 Å². The van der Waals surface area contributed by atoms with E-state index in [9.17, 15) is 18.0 Å². The standard InChI is InChI=1S/C22H28N6O5S/c29-21(25-22(30)24-18-4-2-1-3-5-18)17-26-8-10-27(11-9-26)20-7-6-19(16-23-20)34(31,32)28-12-14-33-15-13-28/h1-7,16H,8-15,17H2,(H2,24,25,29,30). The maximum atomic E-state index is 12.7. The minimum atomic E-state index is -3.57. The fraction of sp³-hybridized carbons (Fsp3) is 0.409. The summed E-state index contributed by atoms with van der Waals surface area (Å²) < 4.78 is 32.1. The number of anilines is 2. The summed E-state index contributed by atoms with van der Waals surface area (Å²) in [7, 11) is -3.57. The summed E-state index contributed by atoms with van der Waals surface area (Å²) in [6.07, 6.45) is 1.39. The van der Waals surface area contributed by atoms with Gasteiger partial charge in [-0.3, -0.25) is 15.0 Å². The minimum Gasteiger partial charge on any atom is -0.379 e. The average molecular weight is 489 g/mol. The summed E-state index contributed by atoms with van der Waals surface area (Å²) in [5, 5.41) is 4.96. The van der Waals surface area contributed by atoms with Crippen LogP contribution in [0.25, 0.3) is 0 Å². The number of benzene rings is 1. The molecule has 0 atom stereocenters. The molecule has 11 nitrogen and oxygen atoms in total. The highest BCUT2D eigenvalue weighted by Gasteiger charge is 2.27. The van der Waals surface area contributed by atoms with E-state index in [2.05, 4.69) is 15.6 Å². The molecule has 182 valence electrons. The zero-order valence-electron chi connectivity index (χ0n) is 18.7. The summed E-state index contributed by atoms with van der Waals surface area (Å²) in [6, 6.07) is 11.6. The summed E-state index contributed by atoms with van der Waals surface area (Å²) in [4.78, 5) is 32.7. The van der Waals surface area contributed by atoms with E-state index in [-0.39, 0.29) is 17.3 Å². The van der Waals surface area contributed by atoms with Crippen LogP contribution in [0.15, 0.2) is 53.6 Å². The van der Waals surface area contributed by atoms with Crippen LogP contribution in [0, 0.1) is 0 Å². The number of amides is 3. The zero-order chi connectivity index (χ0) is 24.0. The van der Waals surface area contributed by atoms with Crippen molar-refractivity contribution in [2.45, 2.75) is 4.90 Å². The summed E-state index contributed by atoms with van der Waals surface area (Å²) in [5.41, 5.74) is 0.609. The largest absolute Gasteiger partial charge is 0.379 e. The molecule has 3 amide bonds. The van der Waals surface area contributed by atoms with E-state index >= 15 is 0 Å². The highest BCUT2D eigenvalue weighted by atomic mass is 32.2. The Morgan fingerprint density at radius 1 is 0.941 bits per heavy atom. The van der Waals surface area contributed by atoms with E-state index in [1.54, 1.807) is 36.4 Å². The Morgan fingerprint density at radius 2 is 1.65 bits per heavy atom. The van der Waals surface area contributed by atoms with Gasteiger partial charge < -0.3 is 15.0 Å². The van der Waals surface area contributed by atoms with Crippen LogP contribution in [0.1, 0.15) is 0 Å². The molecule has 0 bridgehead atoms. The third-order valence-electron chi connectivity index (χ3n) is 5.68. The van der Waals surface area contributed by atoms with E-state index in [4.69, 9.17) is 4.74 Å². The normalized spacial score (nSPS) is 17.8. The molecule has 3 heterocycles. The Labute approximate surface area is 198 Å². The molecule has 2 aromatic rings. The molecule has 2 N–H and O–H groups in total. The molecule has 12 heteroatoms. The number of morpholine rings is 1. The molecular weight excluding hydrogens is 460 g/mol. The molecule has 1 aromatic heterocycles. The summed E-state index contributed by atoms with van der Waals surface area (Å²) in [5.74, 6) is 0.310. The third kappa shape index (κ3) is 6.08. The number of pyridine rings is 1. The summed E-state index contributed by atoms with van der Waals surface area (Å²) in [6.45, 7) is 4.07. The molecule has 0 aliphatic carbocycles. The van der Waals surface area contributed by atoms with Crippen molar-refractivity contribution in [1.82, 2.24) is 19.5 Å². The fourth-order valence-corrected chi connectivity index (χ4v) is 5.19. The number of aromatic nitrogens is 1. The molecule has 0 saturated carbocycles. The van der Waals surface area contributed by atoms with Gasteiger partial charge in [0.2, 0.25) is 15.9 Å². The molecule has 0 unspecified atom stereocenters. The number of nitrogens with one attached hydrogen (secondary N) is 2. The molecule has 2 aliphatic heterocycles. The number of carbonyl (C=O) groups excluding carboxylic acids is 2. The topological polar surface area (TPSA) is 124 Å². The van der Waals surface area contributed by atoms with Gasteiger partial charge in [-0.15, -0.1) is 0 Å². The number of ether oxygens (including phenoxy) is 1. The van der Waals surface area contributed by atoms with E-state index in [1.165, 1.54) is 10.5 Å². The SMILES string of the molecule is O=C(CN1CCN(c2ccc(S(=O)(=O)N3CCOCC3)cn2)CC1)NC(=O)Nc1ccccc1. The fourth-order valence-electron chi connectivity index (χ4n) is 3.84. The van der Waals surface area contributed by atoms with Gasteiger partial charge >= 0.3 is 6.03 Å². The van der Waals surface area contributed by atoms with Gasteiger partial charge in [-0.2, -0.15) is 4.31 Å². The van der Waals surface area contributed by atoms with Crippen LogP contribution < -0.4 is 15.5 Å². The number of piperazine rings is 1. The lowest BCUT2D eigenvalue weighted by Gasteiger charge is -2.35. The van der Waals surface area contributed by atoms with Crippen LogP contribution in [0.4, 0.5) is 16.3 Å². The van der Waals surface area contributed by atoms with Crippen molar-refractivity contribution in [2.75, 3.05) is 69.2 Å². The number of para-hydroxylation sites is 1. The van der Waals surface area contributed by atoms with E-state index in [0.717, 1.165) is 0 Å². The van der Waals surface area contributed by atoms with Crippen LogP contribution in [0.5, 0.6) is 0 Å². The lowest BCUT2D eigenvalue weighted by Crippen LogP contribution is -2.50. The zero-order valence-corrected chi connectivity index (χ0v) is 19.5. The van der Waals surface area contributed by atoms with Gasteiger partial charge in [-0.25, -0.2) is 18.2 Å². The number of carbonyl (C=O) groups is 2. The van der Waals surface area contributed by atoms with Gasteiger partial charge in [-0.1, -0.05) is 18.2 Å². The average Bonchev–Trinajstić information content (AvgIpc) is 2.85. The first-order valence-electron chi connectivity index (χ1n) is 11.1. The Hall–Kier alpha value is -3.06. The van der Waals surface area contributed by atoms with Crippen molar-refractivity contribution >= 4 is 33.5 Å². The molecule has 0 radical (unpaired) electrons. The van der Waals surface area contributed by atoms with Gasteiger partial charge in [0.1, 0.15) is 10.7 Å². The highest BCUT2D eigenvalue weighted by Crippen LogP contribution is 2.20. The molecular formula is C22H28N6O5S. The number of urea groups is 1. The quantitative estimate of drug-likeness (QED) is 0.605. The van der Waals surface area contributed by atoms with Crippen molar-refractivity contribution in [3.63, 3.8) is 0 Å². The monoisotopic (exact) mass is 488 g/mol. The molecule has 4 rings (SSSR count). The second-order valence-electron chi connectivity index (χ2n) is 8.00.